The van der Waals surface area contributed by atoms with Gasteiger partial charge in [-0.2, -0.15) is 0 Å². The molecule has 19 heavy (non-hydrogen) atoms. The van der Waals surface area contributed by atoms with Crippen LogP contribution in [0, 0.1) is 10.1 Å². The van der Waals surface area contributed by atoms with Gasteiger partial charge in [-0.1, -0.05) is 0 Å². The SMILES string of the molecule is COc1cc(NCCOCC(N)=O)ccc1[N+](=O)[O-]. The molecule has 0 radical (unpaired) electrons. The molecule has 3 N–H and O–H groups in total. The van der Waals surface area contributed by atoms with Crippen molar-refractivity contribution in [2.45, 2.75) is 0 Å². The van der Waals surface area contributed by atoms with Gasteiger partial charge in [-0.25, -0.2) is 0 Å². The second kappa shape index (κ2) is 7.17. The normalized spacial score (nSPS) is 9.95. The lowest BCUT2D eigenvalue weighted by Gasteiger charge is -2.08. The maximum Gasteiger partial charge on any atom is 0.311 e. The number of nitro benzene ring substituents is 1. The number of ether oxygens (including phenoxy) is 2. The van der Waals surface area contributed by atoms with Gasteiger partial charge >= 0.3 is 5.69 Å². The zero-order valence-corrected chi connectivity index (χ0v) is 10.4. The molecule has 0 atom stereocenters. The number of nitrogens with one attached hydrogen (secondary N) is 1. The molecule has 1 rings (SSSR count). The molecule has 0 spiro atoms. The van der Waals surface area contributed by atoms with E-state index in [0.29, 0.717) is 18.8 Å². The highest BCUT2D eigenvalue weighted by Gasteiger charge is 2.14. The van der Waals surface area contributed by atoms with Crippen LogP contribution in [0.15, 0.2) is 18.2 Å². The predicted molar refractivity (Wildman–Crippen MR) is 68.2 cm³/mol. The van der Waals surface area contributed by atoms with E-state index in [-0.39, 0.29) is 18.0 Å². The predicted octanol–water partition coefficient (Wildman–Crippen LogP) is 0.517. The highest BCUT2D eigenvalue weighted by molar-refractivity contribution is 5.74. The van der Waals surface area contributed by atoms with Crippen molar-refractivity contribution in [2.24, 2.45) is 5.73 Å². The molecule has 0 bridgehead atoms. The molecule has 0 aromatic heterocycles. The second-order valence-corrected chi connectivity index (χ2v) is 3.59. The Morgan fingerprint density at radius 2 is 2.26 bits per heavy atom. The van der Waals surface area contributed by atoms with Gasteiger partial charge in [-0.3, -0.25) is 14.9 Å². The van der Waals surface area contributed by atoms with Gasteiger partial charge in [0.1, 0.15) is 6.61 Å². The molecule has 0 saturated heterocycles. The topological polar surface area (TPSA) is 117 Å². The average molecular weight is 269 g/mol. The van der Waals surface area contributed by atoms with E-state index < -0.39 is 10.8 Å². The molecule has 0 aliphatic rings. The summed E-state index contributed by atoms with van der Waals surface area (Å²) in [6.45, 7) is 0.599. The Hall–Kier alpha value is -2.35. The summed E-state index contributed by atoms with van der Waals surface area (Å²) in [6, 6.07) is 4.44. The van der Waals surface area contributed by atoms with Crippen LogP contribution >= 0.6 is 0 Å². The standard InChI is InChI=1S/C11H15N3O5/c1-18-10-6-8(2-3-9(10)14(16)17)13-4-5-19-7-11(12)15/h2-3,6,13H,4-5,7H2,1H3,(H2,12,15). The van der Waals surface area contributed by atoms with Crippen molar-refractivity contribution in [1.82, 2.24) is 0 Å². The fourth-order valence-electron chi connectivity index (χ4n) is 1.38. The fraction of sp³-hybridized carbons (Fsp3) is 0.364. The Morgan fingerprint density at radius 3 is 2.84 bits per heavy atom. The van der Waals surface area contributed by atoms with Gasteiger partial charge in [-0.05, 0) is 6.07 Å². The third-order valence-corrected chi connectivity index (χ3v) is 2.20. The van der Waals surface area contributed by atoms with Crippen LogP contribution in [0.3, 0.4) is 0 Å². The molecule has 0 unspecified atom stereocenters. The summed E-state index contributed by atoms with van der Waals surface area (Å²) in [7, 11) is 1.36. The number of amides is 1. The quantitative estimate of drug-likeness (QED) is 0.403. The lowest BCUT2D eigenvalue weighted by molar-refractivity contribution is -0.385. The first kappa shape index (κ1) is 14.7. The minimum Gasteiger partial charge on any atom is -0.490 e. The van der Waals surface area contributed by atoms with E-state index in [9.17, 15) is 14.9 Å². The van der Waals surface area contributed by atoms with Crippen LogP contribution in [-0.2, 0) is 9.53 Å². The van der Waals surface area contributed by atoms with E-state index >= 15 is 0 Å². The first-order chi connectivity index (χ1) is 9.04. The van der Waals surface area contributed by atoms with Crippen LogP contribution in [0.5, 0.6) is 5.75 Å². The lowest BCUT2D eigenvalue weighted by Crippen LogP contribution is -2.20. The van der Waals surface area contributed by atoms with Gasteiger partial charge in [0, 0.05) is 24.4 Å². The fourth-order valence-corrected chi connectivity index (χ4v) is 1.38. The van der Waals surface area contributed by atoms with Crippen molar-refractivity contribution in [3.05, 3.63) is 28.3 Å². The zero-order chi connectivity index (χ0) is 14.3. The first-order valence-electron chi connectivity index (χ1n) is 5.47. The number of benzene rings is 1. The van der Waals surface area contributed by atoms with Crippen molar-refractivity contribution in [1.29, 1.82) is 0 Å². The summed E-state index contributed by atoms with van der Waals surface area (Å²) in [5.74, 6) is -0.356. The zero-order valence-electron chi connectivity index (χ0n) is 10.4. The molecule has 0 aliphatic heterocycles. The van der Waals surface area contributed by atoms with Crippen LogP contribution < -0.4 is 15.8 Å². The van der Waals surface area contributed by atoms with Crippen LogP contribution in [-0.4, -0.2) is 37.7 Å². The number of nitrogens with two attached hydrogens (primary N) is 1. The average Bonchev–Trinajstić information content (AvgIpc) is 2.37. The summed E-state index contributed by atoms with van der Waals surface area (Å²) >= 11 is 0. The maximum atomic E-state index is 10.7. The summed E-state index contributed by atoms with van der Waals surface area (Å²) in [4.78, 5) is 20.6. The highest BCUT2D eigenvalue weighted by atomic mass is 16.6. The summed E-state index contributed by atoms with van der Waals surface area (Å²) < 4.78 is 9.89. The van der Waals surface area contributed by atoms with E-state index in [1.54, 1.807) is 6.07 Å². The van der Waals surface area contributed by atoms with Crippen LogP contribution in [0.25, 0.3) is 0 Å². The lowest BCUT2D eigenvalue weighted by atomic mass is 10.2. The van der Waals surface area contributed by atoms with Gasteiger partial charge in [-0.15, -0.1) is 0 Å². The number of methoxy groups -OCH3 is 1. The van der Waals surface area contributed by atoms with Crippen molar-refractivity contribution >= 4 is 17.3 Å². The summed E-state index contributed by atoms with van der Waals surface area (Å²) in [5, 5.41) is 13.7. The Balaban J connectivity index is 2.51. The summed E-state index contributed by atoms with van der Waals surface area (Å²) in [6.07, 6.45) is 0. The molecular weight excluding hydrogens is 254 g/mol. The largest absolute Gasteiger partial charge is 0.490 e. The number of carbonyl (C=O) groups is 1. The number of hydrogen-bond donors (Lipinski definition) is 2. The summed E-state index contributed by atoms with van der Waals surface area (Å²) in [5.41, 5.74) is 5.46. The molecule has 0 heterocycles. The number of hydrogen-bond acceptors (Lipinski definition) is 6. The molecule has 1 aromatic rings. The van der Waals surface area contributed by atoms with E-state index in [2.05, 4.69) is 5.32 Å². The Morgan fingerprint density at radius 1 is 1.53 bits per heavy atom. The van der Waals surface area contributed by atoms with Crippen LogP contribution in [0.1, 0.15) is 0 Å². The van der Waals surface area contributed by atoms with Gasteiger partial charge in [0.2, 0.25) is 5.91 Å². The third kappa shape index (κ3) is 4.80. The van der Waals surface area contributed by atoms with Gasteiger partial charge < -0.3 is 20.5 Å². The minimum absolute atomic E-state index is 0.0990. The van der Waals surface area contributed by atoms with Crippen molar-refractivity contribution < 1.29 is 19.2 Å². The Labute approximate surface area is 109 Å². The van der Waals surface area contributed by atoms with Gasteiger partial charge in [0.15, 0.2) is 5.75 Å². The number of primary amides is 1. The Kier molecular flexibility index (Phi) is 5.55. The number of carbonyl (C=O) groups excluding carboxylic acids is 1. The molecule has 1 aromatic carbocycles. The van der Waals surface area contributed by atoms with E-state index in [1.165, 1.54) is 19.2 Å². The van der Waals surface area contributed by atoms with Crippen LogP contribution in [0.2, 0.25) is 0 Å². The second-order valence-electron chi connectivity index (χ2n) is 3.59. The monoisotopic (exact) mass is 269 g/mol. The van der Waals surface area contributed by atoms with Crippen LogP contribution in [0.4, 0.5) is 11.4 Å². The highest BCUT2D eigenvalue weighted by Crippen LogP contribution is 2.29. The first-order valence-corrected chi connectivity index (χ1v) is 5.47. The molecule has 8 nitrogen and oxygen atoms in total. The van der Waals surface area contributed by atoms with Crippen molar-refractivity contribution in [2.75, 3.05) is 32.2 Å². The number of nitro groups is 1. The van der Waals surface area contributed by atoms with Gasteiger partial charge in [0.25, 0.3) is 0 Å². The van der Waals surface area contributed by atoms with Gasteiger partial charge in [0.05, 0.1) is 18.6 Å². The number of anilines is 1. The molecular formula is C11H15N3O5. The van der Waals surface area contributed by atoms with E-state index in [4.69, 9.17) is 15.2 Å². The number of nitrogens with zero attached hydrogens (tertiary/aromatic N) is 1. The molecule has 1 amide bonds. The molecule has 0 aliphatic carbocycles. The molecule has 0 saturated carbocycles. The molecule has 104 valence electrons. The molecule has 0 fully saturated rings. The van der Waals surface area contributed by atoms with Crippen molar-refractivity contribution in [3.8, 4) is 5.75 Å². The van der Waals surface area contributed by atoms with E-state index in [1.807, 2.05) is 0 Å². The maximum absolute atomic E-state index is 10.7. The molecule has 8 heteroatoms. The minimum atomic E-state index is -0.531. The number of rotatable bonds is 8. The van der Waals surface area contributed by atoms with E-state index in [0.717, 1.165) is 0 Å². The van der Waals surface area contributed by atoms with Crippen molar-refractivity contribution in [3.63, 3.8) is 0 Å². The third-order valence-electron chi connectivity index (χ3n) is 2.20. The Bertz CT molecular complexity index is 464. The smallest absolute Gasteiger partial charge is 0.311 e.